The maximum absolute atomic E-state index is 12.4. The Labute approximate surface area is 141 Å². The molecule has 0 unspecified atom stereocenters. The molecule has 1 saturated heterocycles. The molecule has 0 saturated carbocycles. The third-order valence-electron chi connectivity index (χ3n) is 4.42. The number of rotatable bonds is 5. The van der Waals surface area contributed by atoms with E-state index in [4.69, 9.17) is 4.74 Å². The van der Waals surface area contributed by atoms with Gasteiger partial charge in [0.05, 0.1) is 25.0 Å². The number of benzene rings is 1. The van der Waals surface area contributed by atoms with Gasteiger partial charge in [0.15, 0.2) is 0 Å². The first kappa shape index (κ1) is 16.4. The summed E-state index contributed by atoms with van der Waals surface area (Å²) >= 11 is 0. The number of hydrogen-bond donors (Lipinski definition) is 1. The van der Waals surface area contributed by atoms with Gasteiger partial charge in [-0.15, -0.1) is 10.2 Å². The Hall–Kier alpha value is -2.41. The van der Waals surface area contributed by atoms with E-state index >= 15 is 0 Å². The molecule has 1 aliphatic heterocycles. The van der Waals surface area contributed by atoms with Crippen molar-refractivity contribution in [2.45, 2.75) is 19.8 Å². The van der Waals surface area contributed by atoms with Crippen LogP contribution in [0.25, 0.3) is 5.69 Å². The number of anilines is 1. The average molecular weight is 329 g/mol. The monoisotopic (exact) mass is 329 g/mol. The lowest BCUT2D eigenvalue weighted by molar-refractivity contribution is -0.117. The molecule has 1 aromatic heterocycles. The first-order chi connectivity index (χ1) is 11.7. The minimum Gasteiger partial charge on any atom is -0.495 e. The SMILES string of the molecule is COc1ccc(-n2cnnc2)cc1NC(=O)CN1CCC(C)CC1. The highest BCUT2D eigenvalue weighted by Crippen LogP contribution is 2.27. The number of likely N-dealkylation sites (tertiary alicyclic amines) is 1. The van der Waals surface area contributed by atoms with Crippen molar-refractivity contribution in [3.63, 3.8) is 0 Å². The highest BCUT2D eigenvalue weighted by atomic mass is 16.5. The van der Waals surface area contributed by atoms with Gasteiger partial charge in [0.25, 0.3) is 0 Å². The number of carbonyl (C=O) groups excluding carboxylic acids is 1. The minimum atomic E-state index is -0.0243. The fourth-order valence-electron chi connectivity index (χ4n) is 2.90. The number of carbonyl (C=O) groups is 1. The lowest BCUT2D eigenvalue weighted by Crippen LogP contribution is -2.38. The van der Waals surface area contributed by atoms with E-state index in [1.807, 2.05) is 18.2 Å². The molecule has 3 rings (SSSR count). The van der Waals surface area contributed by atoms with Gasteiger partial charge < -0.3 is 10.1 Å². The third-order valence-corrected chi connectivity index (χ3v) is 4.42. The summed E-state index contributed by atoms with van der Waals surface area (Å²) in [6.45, 7) is 4.63. The van der Waals surface area contributed by atoms with Crippen LogP contribution in [0.4, 0.5) is 5.69 Å². The van der Waals surface area contributed by atoms with Crippen molar-refractivity contribution in [3.05, 3.63) is 30.9 Å². The Balaban J connectivity index is 1.68. The molecule has 7 heteroatoms. The van der Waals surface area contributed by atoms with E-state index in [9.17, 15) is 4.79 Å². The standard InChI is InChI=1S/C17H23N5O2/c1-13-5-7-21(8-6-13)10-17(23)20-15-9-14(3-4-16(15)24-2)22-11-18-19-12-22/h3-4,9,11-13H,5-8,10H2,1-2H3,(H,20,23). The molecule has 128 valence electrons. The number of hydrogen-bond acceptors (Lipinski definition) is 5. The quantitative estimate of drug-likeness (QED) is 0.908. The van der Waals surface area contributed by atoms with E-state index in [0.29, 0.717) is 18.0 Å². The van der Waals surface area contributed by atoms with E-state index in [2.05, 4.69) is 27.3 Å². The van der Waals surface area contributed by atoms with E-state index in [1.165, 1.54) is 0 Å². The van der Waals surface area contributed by atoms with Gasteiger partial charge in [-0.3, -0.25) is 14.3 Å². The molecule has 0 radical (unpaired) electrons. The molecule has 1 amide bonds. The fourth-order valence-corrected chi connectivity index (χ4v) is 2.90. The third kappa shape index (κ3) is 3.91. The molecule has 0 spiro atoms. The van der Waals surface area contributed by atoms with Gasteiger partial charge in [-0.2, -0.15) is 0 Å². The summed E-state index contributed by atoms with van der Waals surface area (Å²) < 4.78 is 7.13. The molecule has 7 nitrogen and oxygen atoms in total. The van der Waals surface area contributed by atoms with Gasteiger partial charge in [0, 0.05) is 0 Å². The summed E-state index contributed by atoms with van der Waals surface area (Å²) in [5.41, 5.74) is 1.52. The molecule has 0 atom stereocenters. The van der Waals surface area contributed by atoms with E-state index < -0.39 is 0 Å². The molecule has 0 bridgehead atoms. The second-order valence-corrected chi connectivity index (χ2v) is 6.26. The number of piperidine rings is 1. The first-order valence-electron chi connectivity index (χ1n) is 8.21. The topological polar surface area (TPSA) is 72.3 Å². The number of nitrogens with one attached hydrogen (secondary N) is 1. The van der Waals surface area contributed by atoms with Crippen LogP contribution in [0.1, 0.15) is 19.8 Å². The highest BCUT2D eigenvalue weighted by molar-refractivity contribution is 5.94. The van der Waals surface area contributed by atoms with Gasteiger partial charge in [0.2, 0.25) is 5.91 Å². The Bertz CT molecular complexity index is 678. The number of nitrogens with zero attached hydrogens (tertiary/aromatic N) is 4. The van der Waals surface area contributed by atoms with Gasteiger partial charge in [-0.1, -0.05) is 6.92 Å². The lowest BCUT2D eigenvalue weighted by Gasteiger charge is -2.29. The molecule has 2 aromatic rings. The van der Waals surface area contributed by atoms with Crippen LogP contribution in [0.15, 0.2) is 30.9 Å². The number of amides is 1. The number of ether oxygens (including phenoxy) is 1. The minimum absolute atomic E-state index is 0.0243. The smallest absolute Gasteiger partial charge is 0.238 e. The Morgan fingerprint density at radius 3 is 2.67 bits per heavy atom. The molecule has 0 aliphatic carbocycles. The molecule has 1 aliphatic rings. The Morgan fingerprint density at radius 2 is 2.00 bits per heavy atom. The van der Waals surface area contributed by atoms with Crippen LogP contribution >= 0.6 is 0 Å². The first-order valence-corrected chi connectivity index (χ1v) is 8.21. The zero-order chi connectivity index (χ0) is 16.9. The molecule has 24 heavy (non-hydrogen) atoms. The summed E-state index contributed by atoms with van der Waals surface area (Å²) in [6, 6.07) is 5.58. The van der Waals surface area contributed by atoms with E-state index in [0.717, 1.165) is 37.5 Å². The number of aromatic nitrogens is 3. The van der Waals surface area contributed by atoms with Gasteiger partial charge in [0.1, 0.15) is 18.4 Å². The Kier molecular flexibility index (Phi) is 5.10. The Morgan fingerprint density at radius 1 is 1.29 bits per heavy atom. The molecular formula is C17H23N5O2. The zero-order valence-electron chi connectivity index (χ0n) is 14.1. The molecule has 1 N–H and O–H groups in total. The molecular weight excluding hydrogens is 306 g/mol. The summed E-state index contributed by atoms with van der Waals surface area (Å²) in [6.07, 6.45) is 5.53. The second kappa shape index (κ2) is 7.44. The van der Waals surface area contributed by atoms with Crippen molar-refractivity contribution in [2.24, 2.45) is 5.92 Å². The van der Waals surface area contributed by atoms with Crippen molar-refractivity contribution in [3.8, 4) is 11.4 Å². The van der Waals surface area contributed by atoms with Gasteiger partial charge in [-0.05, 0) is 50.0 Å². The fraction of sp³-hybridized carbons (Fsp3) is 0.471. The van der Waals surface area contributed by atoms with Crippen LogP contribution in [-0.2, 0) is 4.79 Å². The van der Waals surface area contributed by atoms with Crippen molar-refractivity contribution >= 4 is 11.6 Å². The van der Waals surface area contributed by atoms with E-state index in [1.54, 1.807) is 24.3 Å². The highest BCUT2D eigenvalue weighted by Gasteiger charge is 2.18. The van der Waals surface area contributed by atoms with Crippen molar-refractivity contribution in [2.75, 3.05) is 32.1 Å². The maximum Gasteiger partial charge on any atom is 0.238 e. The summed E-state index contributed by atoms with van der Waals surface area (Å²) in [5, 5.41) is 10.6. The summed E-state index contributed by atoms with van der Waals surface area (Å²) in [4.78, 5) is 14.6. The molecule has 1 aromatic carbocycles. The zero-order valence-corrected chi connectivity index (χ0v) is 14.1. The van der Waals surface area contributed by atoms with Crippen LogP contribution in [0.5, 0.6) is 5.75 Å². The lowest BCUT2D eigenvalue weighted by atomic mass is 9.99. The summed E-state index contributed by atoms with van der Waals surface area (Å²) in [7, 11) is 1.59. The van der Waals surface area contributed by atoms with Crippen molar-refractivity contribution < 1.29 is 9.53 Å². The average Bonchev–Trinajstić information content (AvgIpc) is 3.11. The predicted octanol–water partition coefficient (Wildman–Crippen LogP) is 1.95. The van der Waals surface area contributed by atoms with Gasteiger partial charge >= 0.3 is 0 Å². The normalized spacial score (nSPS) is 16.1. The van der Waals surface area contributed by atoms with Crippen molar-refractivity contribution in [1.29, 1.82) is 0 Å². The number of methoxy groups -OCH3 is 1. The van der Waals surface area contributed by atoms with Gasteiger partial charge in [-0.25, -0.2) is 0 Å². The van der Waals surface area contributed by atoms with Crippen LogP contribution in [0.2, 0.25) is 0 Å². The molecule has 2 heterocycles. The van der Waals surface area contributed by atoms with Crippen LogP contribution in [0.3, 0.4) is 0 Å². The second-order valence-electron chi connectivity index (χ2n) is 6.26. The maximum atomic E-state index is 12.4. The summed E-state index contributed by atoms with van der Waals surface area (Å²) in [5.74, 6) is 1.36. The van der Waals surface area contributed by atoms with Crippen LogP contribution in [-0.4, -0.2) is 52.3 Å². The van der Waals surface area contributed by atoms with E-state index in [-0.39, 0.29) is 5.91 Å². The van der Waals surface area contributed by atoms with Crippen LogP contribution in [0, 0.1) is 5.92 Å². The largest absolute Gasteiger partial charge is 0.495 e. The van der Waals surface area contributed by atoms with Crippen molar-refractivity contribution in [1.82, 2.24) is 19.7 Å². The van der Waals surface area contributed by atoms with Crippen LogP contribution < -0.4 is 10.1 Å². The predicted molar refractivity (Wildman–Crippen MR) is 91.4 cm³/mol. The molecule has 1 fully saturated rings.